The summed E-state index contributed by atoms with van der Waals surface area (Å²) in [5, 5.41) is 0.350. The van der Waals surface area contributed by atoms with Crippen molar-refractivity contribution < 1.29 is 9.21 Å². The van der Waals surface area contributed by atoms with Crippen LogP contribution in [0.4, 0.5) is 0 Å². The maximum absolute atomic E-state index is 11.1. The third kappa shape index (κ3) is 2.71. The first-order valence-electron chi connectivity index (χ1n) is 5.25. The average molecular weight is 285 g/mol. The van der Waals surface area contributed by atoms with E-state index in [4.69, 9.17) is 27.6 Å². The zero-order valence-electron chi connectivity index (χ0n) is 9.83. The minimum absolute atomic E-state index is 0.0519. The highest BCUT2D eigenvalue weighted by atomic mass is 35.5. The van der Waals surface area contributed by atoms with Gasteiger partial charge in [0, 0.05) is 12.0 Å². The molecule has 2 rings (SSSR count). The van der Waals surface area contributed by atoms with E-state index in [1.165, 1.54) is 6.92 Å². The lowest BCUT2D eigenvalue weighted by atomic mass is 10.2. The summed E-state index contributed by atoms with van der Waals surface area (Å²) in [5.74, 6) is 1.49. The highest BCUT2D eigenvalue weighted by Gasteiger charge is 2.15. The molecule has 0 bridgehead atoms. The van der Waals surface area contributed by atoms with E-state index >= 15 is 0 Å². The van der Waals surface area contributed by atoms with Gasteiger partial charge in [-0.3, -0.25) is 4.79 Å². The van der Waals surface area contributed by atoms with Crippen molar-refractivity contribution in [3.8, 4) is 11.6 Å². The molecule has 0 saturated carbocycles. The fourth-order valence-electron chi connectivity index (χ4n) is 1.49. The monoisotopic (exact) mass is 284 g/mol. The zero-order valence-corrected chi connectivity index (χ0v) is 11.3. The summed E-state index contributed by atoms with van der Waals surface area (Å²) in [7, 11) is 0. The van der Waals surface area contributed by atoms with Crippen LogP contribution >= 0.6 is 23.2 Å². The number of rotatable bonds is 3. The Labute approximate surface area is 114 Å². The van der Waals surface area contributed by atoms with Gasteiger partial charge in [-0.15, -0.1) is 0 Å². The van der Waals surface area contributed by atoms with Gasteiger partial charge >= 0.3 is 0 Å². The van der Waals surface area contributed by atoms with Crippen molar-refractivity contribution in [2.75, 3.05) is 0 Å². The van der Waals surface area contributed by atoms with E-state index < -0.39 is 0 Å². The van der Waals surface area contributed by atoms with Crippen molar-refractivity contribution in [3.63, 3.8) is 0 Å². The second kappa shape index (κ2) is 5.08. The van der Waals surface area contributed by atoms with E-state index in [0.717, 1.165) is 5.76 Å². The second-order valence-corrected chi connectivity index (χ2v) is 4.61. The molecule has 0 saturated heterocycles. The van der Waals surface area contributed by atoms with Crippen LogP contribution in [0.1, 0.15) is 18.2 Å². The Balaban J connectivity index is 2.45. The fourth-order valence-corrected chi connectivity index (χ4v) is 2.01. The molecular weight excluding hydrogens is 275 g/mol. The summed E-state index contributed by atoms with van der Waals surface area (Å²) in [6.45, 7) is 3.27. The summed E-state index contributed by atoms with van der Waals surface area (Å²) in [6, 6.07) is 3.53. The maximum atomic E-state index is 11.1. The minimum atomic E-state index is -0.0519. The first-order valence-corrected chi connectivity index (χ1v) is 6.01. The van der Waals surface area contributed by atoms with Crippen molar-refractivity contribution in [2.24, 2.45) is 0 Å². The number of ketones is 1. The van der Waals surface area contributed by atoms with Gasteiger partial charge < -0.3 is 4.42 Å². The Bertz CT molecular complexity index is 585. The van der Waals surface area contributed by atoms with Crippen LogP contribution in [0.15, 0.2) is 16.5 Å². The number of hydrogen-bond donors (Lipinski definition) is 0. The Morgan fingerprint density at radius 3 is 2.33 bits per heavy atom. The molecule has 0 radical (unpaired) electrons. The van der Waals surface area contributed by atoms with Crippen LogP contribution in [-0.2, 0) is 11.2 Å². The van der Waals surface area contributed by atoms with Crippen LogP contribution in [0.2, 0.25) is 10.3 Å². The lowest BCUT2D eigenvalue weighted by Gasteiger charge is -2.05. The topological polar surface area (TPSA) is 56.0 Å². The Hall–Kier alpha value is -1.39. The molecular formula is C12H10Cl2N2O2. The van der Waals surface area contributed by atoms with Gasteiger partial charge in [-0.05, 0) is 26.0 Å². The molecule has 0 aliphatic rings. The van der Waals surface area contributed by atoms with Gasteiger partial charge in [0.1, 0.15) is 21.8 Å². The molecule has 94 valence electrons. The van der Waals surface area contributed by atoms with Gasteiger partial charge in [0.2, 0.25) is 0 Å². The summed E-state index contributed by atoms with van der Waals surface area (Å²) in [5.41, 5.74) is 0.442. The van der Waals surface area contributed by atoms with E-state index in [1.54, 1.807) is 12.1 Å². The van der Waals surface area contributed by atoms with E-state index in [0.29, 0.717) is 17.1 Å². The largest absolute Gasteiger partial charge is 0.458 e. The normalized spacial score (nSPS) is 10.7. The number of aromatic nitrogens is 2. The van der Waals surface area contributed by atoms with Crippen molar-refractivity contribution in [2.45, 2.75) is 20.3 Å². The van der Waals surface area contributed by atoms with Gasteiger partial charge in [-0.1, -0.05) is 23.2 Å². The number of hydrogen-bond acceptors (Lipinski definition) is 4. The van der Waals surface area contributed by atoms with Crippen LogP contribution in [0.3, 0.4) is 0 Å². The third-order valence-corrected chi connectivity index (χ3v) is 2.92. The van der Waals surface area contributed by atoms with Gasteiger partial charge in [0.25, 0.3) is 0 Å². The molecule has 2 aromatic heterocycles. The van der Waals surface area contributed by atoms with Crippen LogP contribution < -0.4 is 0 Å². The first kappa shape index (κ1) is 13.1. The molecule has 0 atom stereocenters. The van der Waals surface area contributed by atoms with E-state index in [-0.39, 0.29) is 22.5 Å². The van der Waals surface area contributed by atoms with E-state index in [9.17, 15) is 4.79 Å². The molecule has 18 heavy (non-hydrogen) atoms. The fraction of sp³-hybridized carbons (Fsp3) is 0.250. The number of carbonyl (C=O) groups excluding carboxylic acids is 1. The van der Waals surface area contributed by atoms with E-state index in [1.807, 2.05) is 6.92 Å². The summed E-state index contributed by atoms with van der Waals surface area (Å²) >= 11 is 12.0. The zero-order chi connectivity index (χ0) is 13.3. The summed E-state index contributed by atoms with van der Waals surface area (Å²) in [6.07, 6.45) is 0.120. The molecule has 0 aromatic carbocycles. The predicted molar refractivity (Wildman–Crippen MR) is 68.9 cm³/mol. The molecule has 2 heterocycles. The first-order chi connectivity index (χ1) is 8.47. The molecule has 0 aliphatic heterocycles. The number of carbonyl (C=O) groups is 1. The predicted octanol–water partition coefficient (Wildman–Crippen LogP) is 3.48. The van der Waals surface area contributed by atoms with E-state index in [2.05, 4.69) is 9.97 Å². The van der Waals surface area contributed by atoms with Gasteiger partial charge in [0.05, 0.1) is 0 Å². The third-order valence-electron chi connectivity index (χ3n) is 2.29. The quantitative estimate of drug-likeness (QED) is 0.810. The summed E-state index contributed by atoms with van der Waals surface area (Å²) < 4.78 is 5.39. The standard InChI is InChI=1S/C12H10Cl2N2O2/c1-6(17)5-8-10(13)15-12(16-11(8)14)9-4-3-7(2)18-9/h3-4H,5H2,1-2H3. The maximum Gasteiger partial charge on any atom is 0.198 e. The van der Waals surface area contributed by atoms with Crippen molar-refractivity contribution >= 4 is 29.0 Å². The average Bonchev–Trinajstić information content (AvgIpc) is 2.70. The molecule has 0 N–H and O–H groups in total. The number of aryl methyl sites for hydroxylation is 1. The molecule has 0 fully saturated rings. The van der Waals surface area contributed by atoms with Crippen molar-refractivity contribution in [1.29, 1.82) is 0 Å². The smallest absolute Gasteiger partial charge is 0.198 e. The van der Waals surface area contributed by atoms with Gasteiger partial charge in [-0.2, -0.15) is 0 Å². The number of furan rings is 1. The molecule has 0 spiro atoms. The Kier molecular flexibility index (Phi) is 3.68. The van der Waals surface area contributed by atoms with Crippen molar-refractivity contribution in [3.05, 3.63) is 33.8 Å². The number of Topliss-reactive ketones (excluding diaryl/α,β-unsaturated/α-hetero) is 1. The van der Waals surface area contributed by atoms with Crippen LogP contribution in [0.25, 0.3) is 11.6 Å². The van der Waals surface area contributed by atoms with Gasteiger partial charge in [0.15, 0.2) is 11.6 Å². The minimum Gasteiger partial charge on any atom is -0.458 e. The number of halogens is 2. The molecule has 0 aliphatic carbocycles. The Morgan fingerprint density at radius 1 is 1.28 bits per heavy atom. The van der Waals surface area contributed by atoms with Gasteiger partial charge in [-0.25, -0.2) is 9.97 Å². The molecule has 4 nitrogen and oxygen atoms in total. The molecule has 0 amide bonds. The highest BCUT2D eigenvalue weighted by Crippen LogP contribution is 2.27. The molecule has 2 aromatic rings. The van der Waals surface area contributed by atoms with Crippen LogP contribution in [0.5, 0.6) is 0 Å². The summed E-state index contributed by atoms with van der Waals surface area (Å²) in [4.78, 5) is 19.3. The lowest BCUT2D eigenvalue weighted by Crippen LogP contribution is -2.02. The SMILES string of the molecule is CC(=O)Cc1c(Cl)nc(-c2ccc(C)o2)nc1Cl. The molecule has 6 heteroatoms. The highest BCUT2D eigenvalue weighted by molar-refractivity contribution is 6.35. The lowest BCUT2D eigenvalue weighted by molar-refractivity contribution is -0.116. The molecule has 0 unspecified atom stereocenters. The Morgan fingerprint density at radius 2 is 1.89 bits per heavy atom. The van der Waals surface area contributed by atoms with Crippen LogP contribution in [0, 0.1) is 6.92 Å². The second-order valence-electron chi connectivity index (χ2n) is 3.90. The van der Waals surface area contributed by atoms with Crippen LogP contribution in [-0.4, -0.2) is 15.8 Å². The van der Waals surface area contributed by atoms with Crippen molar-refractivity contribution in [1.82, 2.24) is 9.97 Å². The number of nitrogens with zero attached hydrogens (tertiary/aromatic N) is 2.